The zero-order chi connectivity index (χ0) is 22.6. The van der Waals surface area contributed by atoms with Gasteiger partial charge in [0.05, 0.1) is 6.04 Å². The average Bonchev–Trinajstić information content (AvgIpc) is 3.18. The third-order valence-electron chi connectivity index (χ3n) is 5.19. The van der Waals surface area contributed by atoms with Crippen LogP contribution in [0.4, 0.5) is 22.4 Å². The van der Waals surface area contributed by atoms with Crippen molar-refractivity contribution in [2.75, 3.05) is 33.7 Å². The molecule has 166 valence electrons. The molecule has 2 aliphatic heterocycles. The van der Waals surface area contributed by atoms with Gasteiger partial charge in [-0.1, -0.05) is 12.1 Å². The number of amides is 3. The summed E-state index contributed by atoms with van der Waals surface area (Å²) < 4.78 is 51.4. The summed E-state index contributed by atoms with van der Waals surface area (Å²) in [6.45, 7) is 0.360. The highest BCUT2D eigenvalue weighted by molar-refractivity contribution is 5.78. The number of hydrogen-bond acceptors (Lipinski definition) is 3. The lowest BCUT2D eigenvalue weighted by Crippen LogP contribution is -2.42. The van der Waals surface area contributed by atoms with E-state index in [9.17, 15) is 27.2 Å². The second kappa shape index (κ2) is 9.31. The van der Waals surface area contributed by atoms with E-state index in [0.29, 0.717) is 12.1 Å². The molecule has 1 aromatic carbocycles. The normalized spacial score (nSPS) is 22.8. The van der Waals surface area contributed by atoms with Gasteiger partial charge in [0, 0.05) is 45.6 Å². The topological polar surface area (TPSA) is 81.2 Å². The van der Waals surface area contributed by atoms with E-state index >= 15 is 0 Å². The van der Waals surface area contributed by atoms with Gasteiger partial charge >= 0.3 is 12.2 Å². The molecule has 3 rings (SSSR count). The van der Waals surface area contributed by atoms with Crippen molar-refractivity contribution in [1.29, 1.82) is 0 Å². The van der Waals surface area contributed by atoms with Crippen LogP contribution >= 0.6 is 0 Å². The molecule has 2 heterocycles. The van der Waals surface area contributed by atoms with E-state index in [1.54, 1.807) is 25.1 Å². The largest absolute Gasteiger partial charge is 0.483 e. The number of urea groups is 1. The zero-order valence-electron chi connectivity index (χ0n) is 16.5. The molecule has 0 aliphatic carbocycles. The molecule has 3 atom stereocenters. The van der Waals surface area contributed by atoms with Crippen molar-refractivity contribution in [3.63, 3.8) is 0 Å². The minimum atomic E-state index is -4.55. The van der Waals surface area contributed by atoms with Crippen LogP contribution < -0.4 is 0 Å². The van der Waals surface area contributed by atoms with Gasteiger partial charge < -0.3 is 19.8 Å². The van der Waals surface area contributed by atoms with E-state index in [1.165, 1.54) is 28.0 Å². The highest BCUT2D eigenvalue weighted by atomic mass is 19.4. The van der Waals surface area contributed by atoms with E-state index in [4.69, 9.17) is 9.90 Å². The van der Waals surface area contributed by atoms with Crippen molar-refractivity contribution in [2.45, 2.75) is 18.6 Å². The maximum atomic E-state index is 13.7. The predicted molar refractivity (Wildman–Crippen MR) is 97.9 cm³/mol. The Morgan fingerprint density at radius 2 is 1.87 bits per heavy atom. The Morgan fingerprint density at radius 1 is 1.23 bits per heavy atom. The summed E-state index contributed by atoms with van der Waals surface area (Å²) in [5.74, 6) is -1.77. The lowest BCUT2D eigenvalue weighted by molar-refractivity contribution is -0.160. The summed E-state index contributed by atoms with van der Waals surface area (Å²) in [5, 5.41) is 6.89. The average molecular weight is 433 g/mol. The molecule has 0 bridgehead atoms. The first-order valence-electron chi connectivity index (χ1n) is 9.14. The van der Waals surface area contributed by atoms with Gasteiger partial charge in [-0.2, -0.15) is 13.2 Å². The van der Waals surface area contributed by atoms with Crippen molar-refractivity contribution >= 4 is 18.4 Å². The number of fused-ring (bicyclic) bond motifs is 1. The Labute approximate surface area is 170 Å². The number of benzene rings is 1. The van der Waals surface area contributed by atoms with Crippen LogP contribution in [0.1, 0.15) is 18.0 Å². The molecule has 1 aromatic rings. The van der Waals surface area contributed by atoms with Gasteiger partial charge in [-0.3, -0.25) is 9.59 Å². The van der Waals surface area contributed by atoms with E-state index in [1.807, 2.05) is 0 Å². The first-order valence-corrected chi connectivity index (χ1v) is 9.14. The lowest BCUT2D eigenvalue weighted by Gasteiger charge is -2.32. The minimum Gasteiger partial charge on any atom is -0.483 e. The van der Waals surface area contributed by atoms with Crippen LogP contribution in [0.15, 0.2) is 24.3 Å². The Kier molecular flexibility index (Phi) is 7.27. The standard InChI is InChI=1S/C18H21F4N3O2.CH2O2/c1-23(2)17(27)25-9-12-8-24(15(26)7-18(20,21)22)10-14(12)16(25)11-4-3-5-13(19)6-11;2-1-3/h3-6,12,14,16H,7-10H2,1-2H3;1H,(H,2,3)/t12-,14-,16+;/m1./s1. The molecule has 2 saturated heterocycles. The van der Waals surface area contributed by atoms with Crippen molar-refractivity contribution in [3.8, 4) is 0 Å². The Hall–Kier alpha value is -2.85. The number of likely N-dealkylation sites (tertiary alicyclic amines) is 2. The van der Waals surface area contributed by atoms with E-state index in [0.717, 1.165) is 0 Å². The molecule has 2 fully saturated rings. The summed E-state index contributed by atoms with van der Waals surface area (Å²) >= 11 is 0. The number of carbonyl (C=O) groups is 3. The fourth-order valence-corrected chi connectivity index (χ4v) is 4.10. The number of rotatable bonds is 2. The first kappa shape index (κ1) is 23.4. The van der Waals surface area contributed by atoms with E-state index in [2.05, 4.69) is 0 Å². The van der Waals surface area contributed by atoms with Crippen LogP contribution in [0.5, 0.6) is 0 Å². The molecular formula is C19H23F4N3O4. The number of nitrogens with zero attached hydrogens (tertiary/aromatic N) is 3. The lowest BCUT2D eigenvalue weighted by atomic mass is 9.89. The van der Waals surface area contributed by atoms with Crippen LogP contribution in [0, 0.1) is 17.7 Å². The smallest absolute Gasteiger partial charge is 0.397 e. The highest BCUT2D eigenvalue weighted by Crippen LogP contribution is 2.45. The molecule has 0 spiro atoms. The number of halogens is 4. The van der Waals surface area contributed by atoms with Gasteiger partial charge in [-0.25, -0.2) is 9.18 Å². The third-order valence-corrected chi connectivity index (χ3v) is 5.19. The third kappa shape index (κ3) is 5.39. The molecule has 0 saturated carbocycles. The van der Waals surface area contributed by atoms with Crippen LogP contribution in [0.3, 0.4) is 0 Å². The summed E-state index contributed by atoms with van der Waals surface area (Å²) in [7, 11) is 3.22. The summed E-state index contributed by atoms with van der Waals surface area (Å²) in [4.78, 5) is 37.2. The molecular weight excluding hydrogens is 410 g/mol. The second-order valence-electron chi connectivity index (χ2n) is 7.45. The predicted octanol–water partition coefficient (Wildman–Crippen LogP) is 2.59. The molecule has 7 nitrogen and oxygen atoms in total. The molecule has 0 radical (unpaired) electrons. The Bertz CT molecular complexity index is 787. The monoisotopic (exact) mass is 433 g/mol. The van der Waals surface area contributed by atoms with Crippen molar-refractivity contribution in [2.24, 2.45) is 11.8 Å². The SMILES string of the molecule is CN(C)C(=O)N1C[C@H]2CN(C(=O)CC(F)(F)F)C[C@H]2[C@@H]1c1cccc(F)c1.O=CO. The van der Waals surface area contributed by atoms with Crippen molar-refractivity contribution < 1.29 is 37.1 Å². The van der Waals surface area contributed by atoms with Gasteiger partial charge in [0.25, 0.3) is 6.47 Å². The number of alkyl halides is 3. The summed E-state index contributed by atoms with van der Waals surface area (Å²) in [5.41, 5.74) is 0.586. The Morgan fingerprint density at radius 3 is 2.40 bits per heavy atom. The Balaban J connectivity index is 0.00000101. The molecule has 0 aromatic heterocycles. The highest BCUT2D eigenvalue weighted by Gasteiger charge is 2.51. The maximum Gasteiger partial charge on any atom is 0.397 e. The van der Waals surface area contributed by atoms with Crippen LogP contribution in [-0.2, 0) is 9.59 Å². The van der Waals surface area contributed by atoms with Gasteiger partial charge in [0.1, 0.15) is 12.2 Å². The maximum absolute atomic E-state index is 13.7. The minimum absolute atomic E-state index is 0.123. The molecule has 1 N–H and O–H groups in total. The summed E-state index contributed by atoms with van der Waals surface area (Å²) in [6.07, 6.45) is -6.04. The number of hydrogen-bond donors (Lipinski definition) is 1. The van der Waals surface area contributed by atoms with Gasteiger partial charge in [0.2, 0.25) is 5.91 Å². The van der Waals surface area contributed by atoms with Crippen LogP contribution in [-0.4, -0.2) is 78.1 Å². The summed E-state index contributed by atoms with van der Waals surface area (Å²) in [6, 6.07) is 5.14. The number of carboxylic acid groups (broad SMARTS) is 1. The van der Waals surface area contributed by atoms with Gasteiger partial charge in [-0.15, -0.1) is 0 Å². The first-order chi connectivity index (χ1) is 14.0. The van der Waals surface area contributed by atoms with Crippen LogP contribution in [0.2, 0.25) is 0 Å². The fourth-order valence-electron chi connectivity index (χ4n) is 4.10. The van der Waals surface area contributed by atoms with Gasteiger partial charge in [-0.05, 0) is 17.7 Å². The van der Waals surface area contributed by atoms with Crippen molar-refractivity contribution in [1.82, 2.24) is 14.7 Å². The second-order valence-corrected chi connectivity index (χ2v) is 7.45. The zero-order valence-corrected chi connectivity index (χ0v) is 16.5. The quantitative estimate of drug-likeness (QED) is 0.574. The van der Waals surface area contributed by atoms with E-state index < -0.39 is 30.4 Å². The van der Waals surface area contributed by atoms with Gasteiger partial charge in [0.15, 0.2) is 0 Å². The fraction of sp³-hybridized carbons (Fsp3) is 0.526. The number of carbonyl (C=O) groups excluding carboxylic acids is 2. The molecule has 0 unspecified atom stereocenters. The van der Waals surface area contributed by atoms with Crippen molar-refractivity contribution in [3.05, 3.63) is 35.6 Å². The molecule has 2 aliphatic rings. The van der Waals surface area contributed by atoms with E-state index in [-0.39, 0.29) is 37.4 Å². The molecule has 3 amide bonds. The van der Waals surface area contributed by atoms with Crippen LogP contribution in [0.25, 0.3) is 0 Å². The molecule has 30 heavy (non-hydrogen) atoms. The molecule has 11 heteroatoms.